The quantitative estimate of drug-likeness (QED) is 0.754. The van der Waals surface area contributed by atoms with Gasteiger partial charge in [-0.1, -0.05) is 11.6 Å². The first-order chi connectivity index (χ1) is 9.19. The summed E-state index contributed by atoms with van der Waals surface area (Å²) >= 11 is 7.04. The van der Waals surface area contributed by atoms with Gasteiger partial charge in [0.05, 0.1) is 15.8 Å². The van der Waals surface area contributed by atoms with Crippen LogP contribution < -0.4 is 9.47 Å². The maximum Gasteiger partial charge on any atom is 0.210 e. The monoisotopic (exact) mass is 296 g/mol. The molecule has 0 bridgehead atoms. The van der Waals surface area contributed by atoms with Gasteiger partial charge in [0.15, 0.2) is 6.61 Å². The van der Waals surface area contributed by atoms with E-state index in [1.807, 2.05) is 19.1 Å². The van der Waals surface area contributed by atoms with E-state index >= 15 is 0 Å². The summed E-state index contributed by atoms with van der Waals surface area (Å²) in [5.41, 5.74) is 0. The average molecular weight is 297 g/mol. The van der Waals surface area contributed by atoms with Crippen molar-refractivity contribution in [1.29, 1.82) is 0 Å². The van der Waals surface area contributed by atoms with Gasteiger partial charge in [-0.3, -0.25) is 4.79 Å². The maximum absolute atomic E-state index is 11.8. The van der Waals surface area contributed by atoms with Crippen LogP contribution in [0.15, 0.2) is 36.4 Å². The standard InChI is InChI=1S/C14H13ClO3S/c1-2-17-10-3-5-11(6-4-10)18-9-12(16)13-7-8-14(15)19-13/h3-8H,2,9H2,1H3. The zero-order valence-electron chi connectivity index (χ0n) is 10.4. The SMILES string of the molecule is CCOc1ccc(OCC(=O)c2ccc(Cl)s2)cc1. The van der Waals surface area contributed by atoms with Crippen LogP contribution in [0.5, 0.6) is 11.5 Å². The van der Waals surface area contributed by atoms with Gasteiger partial charge in [0.25, 0.3) is 0 Å². The van der Waals surface area contributed by atoms with Gasteiger partial charge in [-0.25, -0.2) is 0 Å². The third-order valence-corrected chi connectivity index (χ3v) is 3.62. The van der Waals surface area contributed by atoms with Crippen LogP contribution in [0.4, 0.5) is 0 Å². The van der Waals surface area contributed by atoms with Gasteiger partial charge in [-0.15, -0.1) is 11.3 Å². The number of carbonyl (C=O) groups is 1. The van der Waals surface area contributed by atoms with E-state index in [1.54, 1.807) is 24.3 Å². The summed E-state index contributed by atoms with van der Waals surface area (Å²) in [6, 6.07) is 10.6. The first-order valence-electron chi connectivity index (χ1n) is 5.83. The van der Waals surface area contributed by atoms with Crippen LogP contribution in [-0.4, -0.2) is 19.0 Å². The number of carbonyl (C=O) groups excluding carboxylic acids is 1. The van der Waals surface area contributed by atoms with Gasteiger partial charge in [0, 0.05) is 0 Å². The smallest absolute Gasteiger partial charge is 0.210 e. The Bertz CT molecular complexity index is 548. The Morgan fingerprint density at radius 2 is 1.74 bits per heavy atom. The number of hydrogen-bond donors (Lipinski definition) is 0. The van der Waals surface area contributed by atoms with Crippen LogP contribution in [-0.2, 0) is 0 Å². The molecular formula is C14H13ClO3S. The molecule has 0 aliphatic carbocycles. The van der Waals surface area contributed by atoms with Crippen LogP contribution in [0.1, 0.15) is 16.6 Å². The molecular weight excluding hydrogens is 284 g/mol. The molecule has 1 aromatic heterocycles. The van der Waals surface area contributed by atoms with Gasteiger partial charge < -0.3 is 9.47 Å². The zero-order chi connectivity index (χ0) is 13.7. The third kappa shape index (κ3) is 3.98. The number of rotatable bonds is 6. The molecule has 19 heavy (non-hydrogen) atoms. The highest BCUT2D eigenvalue weighted by Gasteiger charge is 2.09. The second-order valence-electron chi connectivity index (χ2n) is 3.72. The highest BCUT2D eigenvalue weighted by molar-refractivity contribution is 7.18. The predicted molar refractivity (Wildman–Crippen MR) is 76.8 cm³/mol. The van der Waals surface area contributed by atoms with Crippen molar-refractivity contribution in [2.24, 2.45) is 0 Å². The lowest BCUT2D eigenvalue weighted by molar-refractivity contribution is 0.0925. The molecule has 1 heterocycles. The Morgan fingerprint density at radius 3 is 2.26 bits per heavy atom. The number of halogens is 1. The van der Waals surface area contributed by atoms with Crippen LogP contribution in [0, 0.1) is 0 Å². The van der Waals surface area contributed by atoms with Crippen LogP contribution >= 0.6 is 22.9 Å². The Hall–Kier alpha value is -1.52. The van der Waals surface area contributed by atoms with Crippen molar-refractivity contribution in [3.05, 3.63) is 45.6 Å². The summed E-state index contributed by atoms with van der Waals surface area (Å²) in [6.07, 6.45) is 0. The van der Waals surface area contributed by atoms with Crippen molar-refractivity contribution in [1.82, 2.24) is 0 Å². The van der Waals surface area contributed by atoms with Gasteiger partial charge in [-0.2, -0.15) is 0 Å². The molecule has 3 nitrogen and oxygen atoms in total. The predicted octanol–water partition coefficient (Wildman–Crippen LogP) is 4.06. The largest absolute Gasteiger partial charge is 0.494 e. The van der Waals surface area contributed by atoms with Crippen molar-refractivity contribution in [3.63, 3.8) is 0 Å². The molecule has 2 rings (SSSR count). The maximum atomic E-state index is 11.8. The number of ketones is 1. The van der Waals surface area contributed by atoms with Crippen molar-refractivity contribution in [3.8, 4) is 11.5 Å². The summed E-state index contributed by atoms with van der Waals surface area (Å²) in [7, 11) is 0. The number of Topliss-reactive ketones (excluding diaryl/α,β-unsaturated/α-hetero) is 1. The Kier molecular flexibility index (Phi) is 4.82. The van der Waals surface area contributed by atoms with E-state index in [9.17, 15) is 4.79 Å². The normalized spacial score (nSPS) is 10.2. The second kappa shape index (κ2) is 6.59. The van der Waals surface area contributed by atoms with Crippen LogP contribution in [0.3, 0.4) is 0 Å². The molecule has 0 saturated carbocycles. The second-order valence-corrected chi connectivity index (χ2v) is 5.44. The molecule has 0 unspecified atom stereocenters. The van der Waals surface area contributed by atoms with Gasteiger partial charge in [0.2, 0.25) is 5.78 Å². The van der Waals surface area contributed by atoms with E-state index in [0.29, 0.717) is 21.6 Å². The van der Waals surface area contributed by atoms with E-state index < -0.39 is 0 Å². The molecule has 0 aliphatic heterocycles. The number of benzene rings is 1. The van der Waals surface area contributed by atoms with Gasteiger partial charge >= 0.3 is 0 Å². The summed E-state index contributed by atoms with van der Waals surface area (Å²) in [6.45, 7) is 2.55. The third-order valence-electron chi connectivity index (χ3n) is 2.35. The minimum Gasteiger partial charge on any atom is -0.494 e. The first kappa shape index (κ1) is 13.9. The first-order valence-corrected chi connectivity index (χ1v) is 7.02. The van der Waals surface area contributed by atoms with Crippen molar-refractivity contribution in [2.45, 2.75) is 6.92 Å². The molecule has 0 N–H and O–H groups in total. The average Bonchev–Trinajstić information content (AvgIpc) is 2.85. The Labute approximate surface area is 120 Å². The zero-order valence-corrected chi connectivity index (χ0v) is 12.0. The molecule has 1 aromatic carbocycles. The van der Waals surface area contributed by atoms with Crippen molar-refractivity contribution < 1.29 is 14.3 Å². The number of thiophene rings is 1. The lowest BCUT2D eigenvalue weighted by Gasteiger charge is -2.06. The van der Waals surface area contributed by atoms with Gasteiger partial charge in [0.1, 0.15) is 11.5 Å². The fourth-order valence-electron chi connectivity index (χ4n) is 1.48. The molecule has 100 valence electrons. The van der Waals surface area contributed by atoms with Crippen molar-refractivity contribution >= 4 is 28.7 Å². The number of hydrogen-bond acceptors (Lipinski definition) is 4. The minimum absolute atomic E-state index is 0.00479. The molecule has 2 aromatic rings. The highest BCUT2D eigenvalue weighted by Crippen LogP contribution is 2.22. The lowest BCUT2D eigenvalue weighted by Crippen LogP contribution is -2.09. The topological polar surface area (TPSA) is 35.5 Å². The van der Waals surface area contributed by atoms with E-state index in [2.05, 4.69) is 0 Å². The molecule has 0 fully saturated rings. The van der Waals surface area contributed by atoms with E-state index in [4.69, 9.17) is 21.1 Å². The van der Waals surface area contributed by atoms with Crippen molar-refractivity contribution in [2.75, 3.05) is 13.2 Å². The molecule has 0 atom stereocenters. The highest BCUT2D eigenvalue weighted by atomic mass is 35.5. The molecule has 0 saturated heterocycles. The fraction of sp³-hybridized carbons (Fsp3) is 0.214. The summed E-state index contributed by atoms with van der Waals surface area (Å²) in [4.78, 5) is 12.4. The van der Waals surface area contributed by atoms with E-state index in [0.717, 1.165) is 5.75 Å². The molecule has 5 heteroatoms. The number of ether oxygens (including phenoxy) is 2. The molecule has 0 spiro atoms. The Morgan fingerprint density at radius 1 is 1.11 bits per heavy atom. The summed E-state index contributed by atoms with van der Waals surface area (Å²) in [5, 5.41) is 0. The summed E-state index contributed by atoms with van der Waals surface area (Å²) < 4.78 is 11.3. The van der Waals surface area contributed by atoms with E-state index in [1.165, 1.54) is 11.3 Å². The van der Waals surface area contributed by atoms with E-state index in [-0.39, 0.29) is 12.4 Å². The lowest BCUT2D eigenvalue weighted by atomic mass is 10.3. The molecule has 0 amide bonds. The van der Waals surface area contributed by atoms with Gasteiger partial charge in [-0.05, 0) is 43.3 Å². The van der Waals surface area contributed by atoms with Crippen LogP contribution in [0.2, 0.25) is 4.34 Å². The van der Waals surface area contributed by atoms with Crippen LogP contribution in [0.25, 0.3) is 0 Å². The fourth-order valence-corrected chi connectivity index (χ4v) is 2.45. The summed E-state index contributed by atoms with van der Waals surface area (Å²) in [5.74, 6) is 1.34. The molecule has 0 radical (unpaired) electrons. The minimum atomic E-state index is -0.0780. The Balaban J connectivity index is 1.89. The molecule has 0 aliphatic rings.